The standard InChI is InChI=1S/C13H21FN2/c1-11(16(3)10-4-9-15-2)12-5-7-13(14)8-6-12/h5-8,11,15H,4,9-10H2,1-3H3. The zero-order valence-electron chi connectivity index (χ0n) is 10.3. The summed E-state index contributed by atoms with van der Waals surface area (Å²) in [6.07, 6.45) is 1.12. The van der Waals surface area contributed by atoms with E-state index in [9.17, 15) is 4.39 Å². The van der Waals surface area contributed by atoms with Crippen LogP contribution in [0.1, 0.15) is 24.9 Å². The summed E-state index contributed by atoms with van der Waals surface area (Å²) in [7, 11) is 4.06. The molecule has 1 atom stereocenters. The normalized spacial score (nSPS) is 13.1. The van der Waals surface area contributed by atoms with E-state index in [1.807, 2.05) is 19.2 Å². The van der Waals surface area contributed by atoms with Crippen LogP contribution >= 0.6 is 0 Å². The molecule has 0 spiro atoms. The lowest BCUT2D eigenvalue weighted by atomic mass is 10.1. The van der Waals surface area contributed by atoms with Gasteiger partial charge in [0, 0.05) is 6.04 Å². The Morgan fingerprint density at radius 2 is 1.94 bits per heavy atom. The molecule has 0 bridgehead atoms. The first-order valence-corrected chi connectivity index (χ1v) is 5.75. The first-order chi connectivity index (χ1) is 7.65. The van der Waals surface area contributed by atoms with Crippen LogP contribution in [-0.4, -0.2) is 32.1 Å². The fourth-order valence-corrected chi connectivity index (χ4v) is 1.69. The van der Waals surface area contributed by atoms with E-state index in [0.29, 0.717) is 6.04 Å². The second-order valence-corrected chi connectivity index (χ2v) is 4.17. The predicted molar refractivity (Wildman–Crippen MR) is 66.0 cm³/mol. The molecule has 1 aromatic rings. The number of nitrogens with zero attached hydrogens (tertiary/aromatic N) is 1. The Morgan fingerprint density at radius 1 is 1.31 bits per heavy atom. The Hall–Kier alpha value is -0.930. The van der Waals surface area contributed by atoms with Crippen LogP contribution in [0, 0.1) is 5.82 Å². The van der Waals surface area contributed by atoms with E-state index < -0.39 is 0 Å². The smallest absolute Gasteiger partial charge is 0.123 e. The zero-order chi connectivity index (χ0) is 12.0. The van der Waals surface area contributed by atoms with Gasteiger partial charge in [-0.3, -0.25) is 4.90 Å². The number of nitrogens with one attached hydrogen (secondary N) is 1. The molecular weight excluding hydrogens is 203 g/mol. The molecule has 1 rings (SSSR count). The van der Waals surface area contributed by atoms with Crippen LogP contribution in [0.15, 0.2) is 24.3 Å². The van der Waals surface area contributed by atoms with Crippen molar-refractivity contribution in [2.24, 2.45) is 0 Å². The van der Waals surface area contributed by atoms with E-state index in [1.165, 1.54) is 12.1 Å². The van der Waals surface area contributed by atoms with Gasteiger partial charge in [0.25, 0.3) is 0 Å². The molecular formula is C13H21FN2. The zero-order valence-corrected chi connectivity index (χ0v) is 10.3. The van der Waals surface area contributed by atoms with E-state index in [1.54, 1.807) is 0 Å². The van der Waals surface area contributed by atoms with Crippen LogP contribution < -0.4 is 5.32 Å². The molecule has 0 saturated heterocycles. The highest BCUT2D eigenvalue weighted by molar-refractivity contribution is 5.19. The number of hydrogen-bond donors (Lipinski definition) is 1. The van der Waals surface area contributed by atoms with Gasteiger partial charge in [-0.1, -0.05) is 12.1 Å². The molecule has 90 valence electrons. The van der Waals surface area contributed by atoms with Crippen molar-refractivity contribution in [3.8, 4) is 0 Å². The molecule has 1 aromatic carbocycles. The van der Waals surface area contributed by atoms with Gasteiger partial charge >= 0.3 is 0 Å². The van der Waals surface area contributed by atoms with E-state index in [2.05, 4.69) is 24.2 Å². The molecule has 0 aliphatic rings. The van der Waals surface area contributed by atoms with Gasteiger partial charge in [-0.05, 0) is 58.2 Å². The Labute approximate surface area is 97.5 Å². The summed E-state index contributed by atoms with van der Waals surface area (Å²) in [5.41, 5.74) is 1.16. The predicted octanol–water partition coefficient (Wildman–Crippen LogP) is 2.43. The van der Waals surface area contributed by atoms with Crippen LogP contribution in [0.3, 0.4) is 0 Å². The topological polar surface area (TPSA) is 15.3 Å². The first kappa shape index (κ1) is 13.1. The van der Waals surface area contributed by atoms with Gasteiger partial charge in [0.2, 0.25) is 0 Å². The molecule has 3 heteroatoms. The summed E-state index contributed by atoms with van der Waals surface area (Å²) in [6.45, 7) is 4.21. The van der Waals surface area contributed by atoms with Crippen LogP contribution in [-0.2, 0) is 0 Å². The number of benzene rings is 1. The van der Waals surface area contributed by atoms with Crippen LogP contribution in [0.4, 0.5) is 4.39 Å². The maximum Gasteiger partial charge on any atom is 0.123 e. The maximum atomic E-state index is 12.8. The second kappa shape index (κ2) is 6.61. The van der Waals surface area contributed by atoms with Crippen molar-refractivity contribution < 1.29 is 4.39 Å². The summed E-state index contributed by atoms with van der Waals surface area (Å²) in [6, 6.07) is 7.08. The lowest BCUT2D eigenvalue weighted by Gasteiger charge is -2.25. The van der Waals surface area contributed by atoms with E-state index >= 15 is 0 Å². The highest BCUT2D eigenvalue weighted by Gasteiger charge is 2.10. The fraction of sp³-hybridized carbons (Fsp3) is 0.538. The molecule has 16 heavy (non-hydrogen) atoms. The summed E-state index contributed by atoms with van der Waals surface area (Å²) >= 11 is 0. The average Bonchev–Trinajstić information content (AvgIpc) is 2.29. The van der Waals surface area contributed by atoms with Crippen molar-refractivity contribution in [1.29, 1.82) is 0 Å². The molecule has 0 aliphatic carbocycles. The Bertz CT molecular complexity index is 297. The van der Waals surface area contributed by atoms with E-state index in [4.69, 9.17) is 0 Å². The fourth-order valence-electron chi connectivity index (χ4n) is 1.69. The Morgan fingerprint density at radius 3 is 2.50 bits per heavy atom. The minimum Gasteiger partial charge on any atom is -0.320 e. The largest absolute Gasteiger partial charge is 0.320 e. The highest BCUT2D eigenvalue weighted by Crippen LogP contribution is 2.18. The summed E-state index contributed by atoms with van der Waals surface area (Å²) < 4.78 is 12.8. The molecule has 0 amide bonds. The SMILES string of the molecule is CNCCCN(C)C(C)c1ccc(F)cc1. The van der Waals surface area contributed by atoms with Gasteiger partial charge < -0.3 is 5.32 Å². The number of hydrogen-bond acceptors (Lipinski definition) is 2. The minimum atomic E-state index is -0.172. The van der Waals surface area contributed by atoms with Crippen molar-refractivity contribution in [1.82, 2.24) is 10.2 Å². The van der Waals surface area contributed by atoms with E-state index in [-0.39, 0.29) is 5.82 Å². The molecule has 1 N–H and O–H groups in total. The molecule has 0 aromatic heterocycles. The molecule has 0 aliphatic heterocycles. The number of halogens is 1. The van der Waals surface area contributed by atoms with Crippen molar-refractivity contribution in [3.05, 3.63) is 35.6 Å². The third-order valence-corrected chi connectivity index (χ3v) is 2.95. The Balaban J connectivity index is 2.49. The van der Waals surface area contributed by atoms with Gasteiger partial charge in [0.05, 0.1) is 0 Å². The molecule has 2 nitrogen and oxygen atoms in total. The van der Waals surface area contributed by atoms with Crippen LogP contribution in [0.5, 0.6) is 0 Å². The summed E-state index contributed by atoms with van der Waals surface area (Å²) in [5, 5.41) is 3.13. The van der Waals surface area contributed by atoms with Crippen LogP contribution in [0.2, 0.25) is 0 Å². The van der Waals surface area contributed by atoms with Gasteiger partial charge in [0.1, 0.15) is 5.82 Å². The lowest BCUT2D eigenvalue weighted by molar-refractivity contribution is 0.258. The first-order valence-electron chi connectivity index (χ1n) is 5.75. The summed E-state index contributed by atoms with van der Waals surface area (Å²) in [5.74, 6) is -0.172. The quantitative estimate of drug-likeness (QED) is 0.747. The van der Waals surface area contributed by atoms with Crippen molar-refractivity contribution in [2.75, 3.05) is 27.2 Å². The second-order valence-electron chi connectivity index (χ2n) is 4.17. The molecule has 0 heterocycles. The highest BCUT2D eigenvalue weighted by atomic mass is 19.1. The van der Waals surface area contributed by atoms with Crippen LogP contribution in [0.25, 0.3) is 0 Å². The number of rotatable bonds is 6. The third-order valence-electron chi connectivity index (χ3n) is 2.95. The summed E-state index contributed by atoms with van der Waals surface area (Å²) in [4.78, 5) is 2.28. The molecule has 1 unspecified atom stereocenters. The minimum absolute atomic E-state index is 0.172. The monoisotopic (exact) mass is 224 g/mol. The van der Waals surface area contributed by atoms with Crippen molar-refractivity contribution >= 4 is 0 Å². The molecule has 0 fully saturated rings. The van der Waals surface area contributed by atoms with Gasteiger partial charge in [-0.25, -0.2) is 4.39 Å². The van der Waals surface area contributed by atoms with Gasteiger partial charge in [-0.15, -0.1) is 0 Å². The average molecular weight is 224 g/mol. The molecule has 0 radical (unpaired) electrons. The van der Waals surface area contributed by atoms with Crippen molar-refractivity contribution in [3.63, 3.8) is 0 Å². The maximum absolute atomic E-state index is 12.8. The van der Waals surface area contributed by atoms with Gasteiger partial charge in [-0.2, -0.15) is 0 Å². The Kier molecular flexibility index (Phi) is 5.43. The lowest BCUT2D eigenvalue weighted by Crippen LogP contribution is -2.25. The van der Waals surface area contributed by atoms with Crippen molar-refractivity contribution in [2.45, 2.75) is 19.4 Å². The molecule has 0 saturated carbocycles. The van der Waals surface area contributed by atoms with Gasteiger partial charge in [0.15, 0.2) is 0 Å². The third kappa shape index (κ3) is 3.91. The van der Waals surface area contributed by atoms with E-state index in [0.717, 1.165) is 25.1 Å².